The molecule has 72 valence electrons. The Kier molecular flexibility index (Phi) is 2.42. The normalized spacial score (nSPS) is 10.9. The van der Waals surface area contributed by atoms with Crippen LogP contribution in [0.3, 0.4) is 0 Å². The molecule has 0 heterocycles. The van der Waals surface area contributed by atoms with Gasteiger partial charge < -0.3 is 0 Å². The van der Waals surface area contributed by atoms with Crippen molar-refractivity contribution in [1.29, 1.82) is 0 Å². The highest BCUT2D eigenvalue weighted by atomic mass is 35.5. The predicted octanol–water partition coefficient (Wildman–Crippen LogP) is 4.76. The van der Waals surface area contributed by atoms with Gasteiger partial charge in [0.05, 0.1) is 0 Å². The molecule has 0 amide bonds. The molecule has 0 aliphatic carbocycles. The predicted molar refractivity (Wildman–Crippen MR) is 63.4 cm³/mol. The Bertz CT molecular complexity index is 412. The van der Waals surface area contributed by atoms with E-state index in [1.807, 2.05) is 26.0 Å². The fraction of sp³-hybridized carbons (Fsp3) is 0.167. The van der Waals surface area contributed by atoms with E-state index < -0.39 is 0 Å². The molecule has 0 saturated heterocycles. The van der Waals surface area contributed by atoms with E-state index in [0.29, 0.717) is 0 Å². The van der Waals surface area contributed by atoms with Gasteiger partial charge in [-0.1, -0.05) is 23.2 Å². The number of benzene rings is 2. The Morgan fingerprint density at radius 1 is 0.714 bits per heavy atom. The maximum atomic E-state index is 6.05. The Morgan fingerprint density at radius 2 is 1.07 bits per heavy atom. The highest BCUT2D eigenvalue weighted by Crippen LogP contribution is 2.27. The average molecular weight is 225 g/mol. The molecule has 0 spiro atoms. The lowest BCUT2D eigenvalue weighted by Crippen LogP contribution is -1.81. The van der Waals surface area contributed by atoms with Crippen LogP contribution in [0.15, 0.2) is 24.3 Å². The minimum absolute atomic E-state index is 0.805. The van der Waals surface area contributed by atoms with Crippen LogP contribution in [-0.2, 0) is 0 Å². The van der Waals surface area contributed by atoms with Crippen LogP contribution in [0.5, 0.6) is 0 Å². The van der Waals surface area contributed by atoms with Gasteiger partial charge in [-0.2, -0.15) is 0 Å². The first-order valence-corrected chi connectivity index (χ1v) is 5.19. The lowest BCUT2D eigenvalue weighted by Gasteiger charge is -2.05. The van der Waals surface area contributed by atoms with Crippen LogP contribution < -0.4 is 0 Å². The molecule has 14 heavy (non-hydrogen) atoms. The smallest absolute Gasteiger partial charge is 0.0441 e. The lowest BCUT2D eigenvalue weighted by molar-refractivity contribution is 1.47. The Hall–Kier alpha value is -0.720. The third kappa shape index (κ3) is 1.60. The quantitative estimate of drug-likeness (QED) is 0.606. The maximum Gasteiger partial charge on any atom is 0.0441 e. The number of halogens is 2. The molecule has 2 aromatic rings. The van der Waals surface area contributed by atoms with E-state index in [1.165, 1.54) is 0 Å². The van der Waals surface area contributed by atoms with Gasteiger partial charge in [0, 0.05) is 10.0 Å². The minimum Gasteiger partial charge on any atom is -0.0840 e. The number of hydrogen-bond acceptors (Lipinski definition) is 0. The molecule has 0 nitrogen and oxygen atoms in total. The van der Waals surface area contributed by atoms with Crippen molar-refractivity contribution in [2.45, 2.75) is 13.8 Å². The first-order chi connectivity index (χ1) is 6.58. The third-order valence-electron chi connectivity index (χ3n) is 2.40. The zero-order valence-electron chi connectivity index (χ0n) is 8.07. The van der Waals surface area contributed by atoms with E-state index in [0.717, 1.165) is 31.9 Å². The summed E-state index contributed by atoms with van der Waals surface area (Å²) in [6.07, 6.45) is 0. The first-order valence-electron chi connectivity index (χ1n) is 4.44. The van der Waals surface area contributed by atoms with Crippen molar-refractivity contribution in [1.82, 2.24) is 0 Å². The molecule has 0 unspecified atom stereocenters. The van der Waals surface area contributed by atoms with Gasteiger partial charge in [-0.15, -0.1) is 0 Å². The summed E-state index contributed by atoms with van der Waals surface area (Å²) in [5, 5.41) is 3.89. The number of rotatable bonds is 0. The van der Waals surface area contributed by atoms with E-state index in [9.17, 15) is 0 Å². The SMILES string of the molecule is Cc1cc2cc(Cl)c(C)cc2cc1Cl. The summed E-state index contributed by atoms with van der Waals surface area (Å²) < 4.78 is 0. The summed E-state index contributed by atoms with van der Waals surface area (Å²) in [7, 11) is 0. The van der Waals surface area contributed by atoms with Gasteiger partial charge in [-0.05, 0) is 60.0 Å². The van der Waals surface area contributed by atoms with Crippen LogP contribution in [0.2, 0.25) is 10.0 Å². The Labute approximate surface area is 93.4 Å². The molecule has 0 atom stereocenters. The molecule has 0 saturated carbocycles. The maximum absolute atomic E-state index is 6.05. The number of hydrogen-bond donors (Lipinski definition) is 0. The van der Waals surface area contributed by atoms with Gasteiger partial charge >= 0.3 is 0 Å². The first kappa shape index (κ1) is 9.82. The summed E-state index contributed by atoms with van der Waals surface area (Å²) in [6.45, 7) is 3.99. The van der Waals surface area contributed by atoms with Crippen molar-refractivity contribution in [2.75, 3.05) is 0 Å². The molecular formula is C12H10Cl2. The molecule has 0 aliphatic heterocycles. The largest absolute Gasteiger partial charge is 0.0840 e. The lowest BCUT2D eigenvalue weighted by atomic mass is 10.1. The van der Waals surface area contributed by atoms with E-state index in [-0.39, 0.29) is 0 Å². The average Bonchev–Trinajstić information content (AvgIpc) is 2.11. The topological polar surface area (TPSA) is 0 Å². The molecular weight excluding hydrogens is 215 g/mol. The van der Waals surface area contributed by atoms with Crippen LogP contribution in [-0.4, -0.2) is 0 Å². The van der Waals surface area contributed by atoms with Crippen molar-refractivity contribution in [3.8, 4) is 0 Å². The molecule has 2 aromatic carbocycles. The van der Waals surface area contributed by atoms with Crippen LogP contribution >= 0.6 is 23.2 Å². The van der Waals surface area contributed by atoms with Gasteiger partial charge in [0.1, 0.15) is 0 Å². The van der Waals surface area contributed by atoms with Crippen molar-refractivity contribution < 1.29 is 0 Å². The third-order valence-corrected chi connectivity index (χ3v) is 3.21. The second-order valence-corrected chi connectivity index (χ2v) is 4.36. The summed E-state index contributed by atoms with van der Waals surface area (Å²) in [4.78, 5) is 0. The monoisotopic (exact) mass is 224 g/mol. The Balaban J connectivity index is 2.83. The van der Waals surface area contributed by atoms with Gasteiger partial charge in [0.25, 0.3) is 0 Å². The zero-order valence-corrected chi connectivity index (χ0v) is 9.58. The van der Waals surface area contributed by atoms with Crippen LogP contribution in [0.1, 0.15) is 11.1 Å². The van der Waals surface area contributed by atoms with E-state index in [4.69, 9.17) is 23.2 Å². The number of aryl methyl sites for hydroxylation is 2. The molecule has 0 fully saturated rings. The standard InChI is InChI=1S/C12H10Cl2/c1-7-3-9-6-12(14)8(2)4-10(9)5-11(7)13/h3-6H,1-2H3. The molecule has 0 aliphatic rings. The van der Waals surface area contributed by atoms with Gasteiger partial charge in [0.15, 0.2) is 0 Å². The highest BCUT2D eigenvalue weighted by molar-refractivity contribution is 6.33. The van der Waals surface area contributed by atoms with E-state index >= 15 is 0 Å². The highest BCUT2D eigenvalue weighted by Gasteiger charge is 2.02. The summed E-state index contributed by atoms with van der Waals surface area (Å²) >= 11 is 12.1. The summed E-state index contributed by atoms with van der Waals surface area (Å²) in [5.41, 5.74) is 2.16. The zero-order chi connectivity index (χ0) is 10.3. The van der Waals surface area contributed by atoms with Crippen molar-refractivity contribution in [2.24, 2.45) is 0 Å². The molecule has 2 heteroatoms. The van der Waals surface area contributed by atoms with Gasteiger partial charge in [-0.3, -0.25) is 0 Å². The van der Waals surface area contributed by atoms with Crippen molar-refractivity contribution in [3.05, 3.63) is 45.4 Å². The fourth-order valence-corrected chi connectivity index (χ4v) is 1.87. The van der Waals surface area contributed by atoms with Crippen molar-refractivity contribution >= 4 is 34.0 Å². The van der Waals surface area contributed by atoms with E-state index in [1.54, 1.807) is 0 Å². The molecule has 0 radical (unpaired) electrons. The van der Waals surface area contributed by atoms with Crippen LogP contribution in [0, 0.1) is 13.8 Å². The second-order valence-electron chi connectivity index (χ2n) is 3.55. The summed E-state index contributed by atoms with van der Waals surface area (Å²) in [6, 6.07) is 8.08. The number of fused-ring (bicyclic) bond motifs is 1. The Morgan fingerprint density at radius 3 is 1.43 bits per heavy atom. The second kappa shape index (κ2) is 3.45. The molecule has 0 aromatic heterocycles. The van der Waals surface area contributed by atoms with Crippen LogP contribution in [0.4, 0.5) is 0 Å². The summed E-state index contributed by atoms with van der Waals surface area (Å²) in [5.74, 6) is 0. The van der Waals surface area contributed by atoms with Crippen LogP contribution in [0.25, 0.3) is 10.8 Å². The molecule has 0 N–H and O–H groups in total. The fourth-order valence-electron chi connectivity index (χ4n) is 1.52. The van der Waals surface area contributed by atoms with Gasteiger partial charge in [0.2, 0.25) is 0 Å². The van der Waals surface area contributed by atoms with Crippen molar-refractivity contribution in [3.63, 3.8) is 0 Å². The minimum atomic E-state index is 0.805. The van der Waals surface area contributed by atoms with E-state index in [2.05, 4.69) is 12.1 Å². The van der Waals surface area contributed by atoms with Gasteiger partial charge in [-0.25, -0.2) is 0 Å². The molecule has 2 rings (SSSR count). The molecule has 0 bridgehead atoms.